The Morgan fingerprint density at radius 1 is 0.844 bits per heavy atom. The van der Waals surface area contributed by atoms with Gasteiger partial charge in [-0.2, -0.15) is 11.8 Å². The zero-order valence-corrected chi connectivity index (χ0v) is 27.2. The summed E-state index contributed by atoms with van der Waals surface area (Å²) in [6, 6.07) is 16.4. The molecule has 9 nitrogen and oxygen atoms in total. The maximum Gasteiger partial charge on any atom is 0.306 e. The van der Waals surface area contributed by atoms with Crippen LogP contribution in [0.4, 0.5) is 0 Å². The third kappa shape index (κ3) is 15.7. The number of ether oxygens (including phenoxy) is 1. The van der Waals surface area contributed by atoms with Crippen molar-refractivity contribution in [3.63, 3.8) is 0 Å². The molecule has 10 heteroatoms. The number of carbonyl (C=O) groups excluding carboxylic acids is 6. The molecule has 0 fully saturated rings. The first-order valence-corrected chi connectivity index (χ1v) is 16.9. The number of carbonyl (C=O) groups is 6. The molecule has 244 valence electrons. The van der Waals surface area contributed by atoms with E-state index in [1.165, 1.54) is 6.92 Å². The summed E-state index contributed by atoms with van der Waals surface area (Å²) in [6.45, 7) is 1.50. The van der Waals surface area contributed by atoms with Crippen LogP contribution in [0, 0.1) is 11.8 Å². The molecule has 45 heavy (non-hydrogen) atoms. The quantitative estimate of drug-likeness (QED) is 0.0979. The number of hydrogen-bond acceptors (Lipinski definition) is 8. The van der Waals surface area contributed by atoms with E-state index in [2.05, 4.69) is 5.32 Å². The van der Waals surface area contributed by atoms with E-state index in [1.54, 1.807) is 30.0 Å². The lowest BCUT2D eigenvalue weighted by Gasteiger charge is -2.17. The van der Waals surface area contributed by atoms with Crippen molar-refractivity contribution < 1.29 is 33.5 Å². The Labute approximate surface area is 270 Å². The van der Waals surface area contributed by atoms with Crippen LogP contribution in [0.2, 0.25) is 0 Å². The van der Waals surface area contributed by atoms with Gasteiger partial charge in [0.05, 0.1) is 6.54 Å². The van der Waals surface area contributed by atoms with E-state index in [0.717, 1.165) is 17.5 Å². The second-order valence-electron chi connectivity index (χ2n) is 11.3. The minimum Gasteiger partial charge on any atom is -0.461 e. The van der Waals surface area contributed by atoms with Crippen molar-refractivity contribution in [1.29, 1.82) is 0 Å². The molecule has 3 N–H and O–H groups in total. The first-order chi connectivity index (χ1) is 21.6. The molecule has 0 heterocycles. The number of aryl methyl sites for hydroxylation is 1. The van der Waals surface area contributed by atoms with Gasteiger partial charge < -0.3 is 15.8 Å². The summed E-state index contributed by atoms with van der Waals surface area (Å²) < 4.78 is 5.29. The van der Waals surface area contributed by atoms with Crippen molar-refractivity contribution in [2.24, 2.45) is 17.6 Å². The van der Waals surface area contributed by atoms with Gasteiger partial charge in [-0.25, -0.2) is 0 Å². The normalized spacial score (nSPS) is 12.1. The van der Waals surface area contributed by atoms with Gasteiger partial charge in [-0.05, 0) is 61.8 Å². The highest BCUT2D eigenvalue weighted by Gasteiger charge is 2.24. The van der Waals surface area contributed by atoms with Gasteiger partial charge in [0.25, 0.3) is 0 Å². The van der Waals surface area contributed by atoms with Gasteiger partial charge in [0.2, 0.25) is 11.8 Å². The number of hydrogen-bond donors (Lipinski definition) is 2. The molecular weight excluding hydrogens is 592 g/mol. The number of nitrogens with two attached hydrogens (primary N) is 1. The number of thioether (sulfide) groups is 1. The summed E-state index contributed by atoms with van der Waals surface area (Å²) in [6.07, 6.45) is 5.91. The van der Waals surface area contributed by atoms with Gasteiger partial charge in [-0.1, -0.05) is 61.4 Å². The Balaban J connectivity index is 1.78. The lowest BCUT2D eigenvalue weighted by Crippen LogP contribution is -2.36. The van der Waals surface area contributed by atoms with E-state index in [4.69, 9.17) is 10.5 Å². The van der Waals surface area contributed by atoms with E-state index >= 15 is 0 Å². The number of amides is 2. The SMILES string of the molecule is CSCC[C@H](CC(=O)c1cccc(CCC(N)=O)c1)C(=O)NCC(=O)C[C@@H](CCCCCC(=O)OCc1ccccc1)C(C)=O. The minimum absolute atomic E-state index is 0.00424. The molecule has 2 amide bonds. The Morgan fingerprint density at radius 3 is 2.27 bits per heavy atom. The largest absolute Gasteiger partial charge is 0.461 e. The van der Waals surface area contributed by atoms with Crippen LogP contribution in [-0.2, 0) is 41.7 Å². The van der Waals surface area contributed by atoms with Crippen LogP contribution >= 0.6 is 11.8 Å². The highest BCUT2D eigenvalue weighted by molar-refractivity contribution is 7.98. The number of unbranched alkanes of at least 4 members (excludes halogenated alkanes) is 2. The summed E-state index contributed by atoms with van der Waals surface area (Å²) >= 11 is 1.57. The van der Waals surface area contributed by atoms with Crippen molar-refractivity contribution >= 4 is 46.9 Å². The first-order valence-electron chi connectivity index (χ1n) is 15.5. The van der Waals surface area contributed by atoms with Crippen LogP contribution in [0.25, 0.3) is 0 Å². The Morgan fingerprint density at radius 2 is 1.58 bits per heavy atom. The fourth-order valence-electron chi connectivity index (χ4n) is 4.87. The monoisotopic (exact) mass is 638 g/mol. The average Bonchev–Trinajstić information content (AvgIpc) is 3.03. The number of rotatable bonds is 23. The van der Waals surface area contributed by atoms with E-state index < -0.39 is 17.7 Å². The van der Waals surface area contributed by atoms with E-state index in [9.17, 15) is 28.8 Å². The maximum absolute atomic E-state index is 13.0. The fourth-order valence-corrected chi connectivity index (χ4v) is 5.39. The molecule has 2 aromatic carbocycles. The Kier molecular flexibility index (Phi) is 17.5. The van der Waals surface area contributed by atoms with Gasteiger partial charge in [-0.3, -0.25) is 28.8 Å². The molecular formula is C35H46N2O7S. The topological polar surface area (TPSA) is 150 Å². The summed E-state index contributed by atoms with van der Waals surface area (Å²) in [5.41, 5.74) is 7.44. The lowest BCUT2D eigenvalue weighted by molar-refractivity contribution is -0.145. The van der Waals surface area contributed by atoms with Gasteiger partial charge in [0.15, 0.2) is 11.6 Å². The second-order valence-corrected chi connectivity index (χ2v) is 12.3. The zero-order valence-electron chi connectivity index (χ0n) is 26.4. The summed E-state index contributed by atoms with van der Waals surface area (Å²) in [4.78, 5) is 74.1. The molecule has 0 spiro atoms. The molecule has 2 rings (SSSR count). The molecule has 0 aliphatic rings. The molecule has 0 aliphatic heterocycles. The molecule has 0 radical (unpaired) electrons. The zero-order chi connectivity index (χ0) is 33.0. The number of primary amides is 1. The number of Topliss-reactive ketones (excluding diaryl/α,β-unsaturated/α-hetero) is 3. The van der Waals surface area contributed by atoms with Crippen LogP contribution in [-0.4, -0.2) is 53.7 Å². The van der Waals surface area contributed by atoms with Gasteiger partial charge in [-0.15, -0.1) is 0 Å². The predicted octanol–water partition coefficient (Wildman–Crippen LogP) is 5.02. The fraction of sp³-hybridized carbons (Fsp3) is 0.486. The standard InChI is InChI=1S/C35H46N2O7S/c1-25(38)28(13-7-4-8-15-34(42)44-24-27-10-5-3-6-11-27)21-31(39)23-37-35(43)30(18-19-45-2)22-32(40)29-14-9-12-26(20-29)16-17-33(36)41/h3,5-6,9-12,14,20,28,30H,4,7-8,13,15-19,21-24H2,1-2H3,(H2,36,41)(H,37,43)/t28-,30-/m1/s1. The Bertz CT molecular complexity index is 1280. The van der Waals surface area contributed by atoms with E-state index in [-0.39, 0.29) is 61.6 Å². The van der Waals surface area contributed by atoms with Crippen LogP contribution in [0.15, 0.2) is 54.6 Å². The van der Waals surface area contributed by atoms with Crippen LogP contribution in [0.1, 0.15) is 86.2 Å². The molecule has 0 bridgehead atoms. The van der Waals surface area contributed by atoms with Crippen molar-refractivity contribution in [2.75, 3.05) is 18.6 Å². The number of ketones is 3. The van der Waals surface area contributed by atoms with Crippen molar-refractivity contribution in [3.8, 4) is 0 Å². The van der Waals surface area contributed by atoms with Gasteiger partial charge in [0, 0.05) is 43.1 Å². The minimum atomic E-state index is -0.602. The van der Waals surface area contributed by atoms with Gasteiger partial charge >= 0.3 is 5.97 Å². The lowest BCUT2D eigenvalue weighted by atomic mass is 9.91. The predicted molar refractivity (Wildman–Crippen MR) is 176 cm³/mol. The van der Waals surface area contributed by atoms with Crippen molar-refractivity contribution in [1.82, 2.24) is 5.32 Å². The maximum atomic E-state index is 13.0. The Hall–Kier alpha value is -3.79. The molecule has 0 saturated carbocycles. The molecule has 0 unspecified atom stereocenters. The number of benzene rings is 2. The van der Waals surface area contributed by atoms with Crippen LogP contribution in [0.3, 0.4) is 0 Å². The van der Waals surface area contributed by atoms with E-state index in [1.807, 2.05) is 42.7 Å². The molecule has 2 aromatic rings. The highest BCUT2D eigenvalue weighted by atomic mass is 32.2. The van der Waals surface area contributed by atoms with E-state index in [0.29, 0.717) is 49.8 Å². The average molecular weight is 639 g/mol. The number of esters is 1. The second kappa shape index (κ2) is 21.0. The summed E-state index contributed by atoms with van der Waals surface area (Å²) in [5, 5.41) is 2.69. The smallest absolute Gasteiger partial charge is 0.306 e. The third-order valence-electron chi connectivity index (χ3n) is 7.57. The molecule has 0 aromatic heterocycles. The van der Waals surface area contributed by atoms with Crippen LogP contribution in [0.5, 0.6) is 0 Å². The summed E-state index contributed by atoms with van der Waals surface area (Å²) in [5.74, 6) is -1.94. The first kappa shape index (κ1) is 37.4. The van der Waals surface area contributed by atoms with Crippen molar-refractivity contribution in [2.45, 2.75) is 77.7 Å². The van der Waals surface area contributed by atoms with Gasteiger partial charge in [0.1, 0.15) is 12.4 Å². The van der Waals surface area contributed by atoms with Crippen molar-refractivity contribution in [3.05, 3.63) is 71.3 Å². The molecule has 0 aliphatic carbocycles. The van der Waals surface area contributed by atoms with Crippen LogP contribution < -0.4 is 11.1 Å². The number of nitrogens with one attached hydrogen (secondary N) is 1. The molecule has 2 atom stereocenters. The molecule has 0 saturated heterocycles. The summed E-state index contributed by atoms with van der Waals surface area (Å²) in [7, 11) is 0. The third-order valence-corrected chi connectivity index (χ3v) is 8.21. The highest BCUT2D eigenvalue weighted by Crippen LogP contribution is 2.19.